The largest absolute Gasteiger partial charge is 0.486 e. The number of anilines is 2. The molecule has 4 heteroatoms. The Morgan fingerprint density at radius 1 is 1.46 bits per heavy atom. The summed E-state index contributed by atoms with van der Waals surface area (Å²) in [5.41, 5.74) is 1.85. The average Bonchev–Trinajstić information content (AvgIpc) is 2.57. The van der Waals surface area contributed by atoms with E-state index in [0.717, 1.165) is 24.6 Å². The van der Waals surface area contributed by atoms with E-state index in [2.05, 4.69) is 10.2 Å². The molecule has 0 atom stereocenters. The molecule has 13 heavy (non-hydrogen) atoms. The molecule has 2 aliphatic heterocycles. The number of hydrogen-bond donors (Lipinski definition) is 1. The molecule has 0 bridgehead atoms. The van der Waals surface area contributed by atoms with E-state index < -0.39 is 0 Å². The summed E-state index contributed by atoms with van der Waals surface area (Å²) >= 11 is 0. The summed E-state index contributed by atoms with van der Waals surface area (Å²) in [5, 5.41) is 3.19. The van der Waals surface area contributed by atoms with Gasteiger partial charge in [-0.1, -0.05) is 0 Å². The molecule has 3 rings (SSSR count). The fourth-order valence-corrected chi connectivity index (χ4v) is 1.85. The van der Waals surface area contributed by atoms with Gasteiger partial charge >= 0.3 is 0 Å². The predicted octanol–water partition coefficient (Wildman–Crippen LogP) is 1.41. The van der Waals surface area contributed by atoms with Crippen LogP contribution in [0, 0.1) is 5.82 Å². The fraction of sp³-hybridized carbons (Fsp3) is 0.333. The zero-order chi connectivity index (χ0) is 8.84. The summed E-state index contributed by atoms with van der Waals surface area (Å²) in [6, 6.07) is 3.19. The second-order valence-electron chi connectivity index (χ2n) is 3.22. The minimum absolute atomic E-state index is 0.271. The molecule has 0 fully saturated rings. The van der Waals surface area contributed by atoms with E-state index in [1.54, 1.807) is 6.07 Å². The van der Waals surface area contributed by atoms with Gasteiger partial charge in [0.05, 0.1) is 18.9 Å². The number of halogens is 1. The lowest BCUT2D eigenvalue weighted by molar-refractivity contribution is 0.295. The predicted molar refractivity (Wildman–Crippen MR) is 47.7 cm³/mol. The minimum Gasteiger partial charge on any atom is -0.486 e. The van der Waals surface area contributed by atoms with Gasteiger partial charge in [-0.15, -0.1) is 0 Å². The SMILES string of the molecule is Fc1ccc2c3c1OCCN3CN2. The number of hydrogen-bond acceptors (Lipinski definition) is 3. The molecule has 0 spiro atoms. The Kier molecular flexibility index (Phi) is 1.23. The third-order valence-electron chi connectivity index (χ3n) is 2.47. The van der Waals surface area contributed by atoms with Gasteiger partial charge in [0.2, 0.25) is 0 Å². The van der Waals surface area contributed by atoms with Crippen LogP contribution in [0.3, 0.4) is 0 Å². The van der Waals surface area contributed by atoms with Crippen LogP contribution in [-0.2, 0) is 0 Å². The maximum absolute atomic E-state index is 13.3. The molecule has 0 aliphatic carbocycles. The monoisotopic (exact) mass is 180 g/mol. The molecule has 0 saturated heterocycles. The molecule has 3 nitrogen and oxygen atoms in total. The van der Waals surface area contributed by atoms with E-state index >= 15 is 0 Å². The molecule has 1 aromatic carbocycles. The lowest BCUT2D eigenvalue weighted by Gasteiger charge is -2.25. The number of ether oxygens (including phenoxy) is 1. The third-order valence-corrected chi connectivity index (χ3v) is 2.47. The average molecular weight is 180 g/mol. The maximum atomic E-state index is 13.3. The lowest BCUT2D eigenvalue weighted by Crippen LogP contribution is -2.31. The molecule has 2 aliphatic rings. The van der Waals surface area contributed by atoms with E-state index in [9.17, 15) is 4.39 Å². The van der Waals surface area contributed by atoms with Gasteiger partial charge in [-0.05, 0) is 12.1 Å². The van der Waals surface area contributed by atoms with E-state index in [1.807, 2.05) is 0 Å². The Hall–Kier alpha value is -1.45. The molecule has 68 valence electrons. The van der Waals surface area contributed by atoms with Crippen molar-refractivity contribution in [2.45, 2.75) is 0 Å². The summed E-state index contributed by atoms with van der Waals surface area (Å²) in [7, 11) is 0. The van der Waals surface area contributed by atoms with Crippen molar-refractivity contribution in [3.05, 3.63) is 17.9 Å². The van der Waals surface area contributed by atoms with Crippen molar-refractivity contribution in [2.75, 3.05) is 30.0 Å². The zero-order valence-corrected chi connectivity index (χ0v) is 7.01. The summed E-state index contributed by atoms with van der Waals surface area (Å²) < 4.78 is 18.6. The summed E-state index contributed by atoms with van der Waals surface area (Å²) in [4.78, 5) is 2.09. The summed E-state index contributed by atoms with van der Waals surface area (Å²) in [6.45, 7) is 2.15. The number of rotatable bonds is 0. The third kappa shape index (κ3) is 0.826. The van der Waals surface area contributed by atoms with Gasteiger partial charge in [-0.25, -0.2) is 4.39 Å². The van der Waals surface area contributed by atoms with Crippen LogP contribution in [0.15, 0.2) is 12.1 Å². The molecular formula is C9H9FN2O. The molecular weight excluding hydrogens is 171 g/mol. The van der Waals surface area contributed by atoms with Crippen LogP contribution in [0.2, 0.25) is 0 Å². The van der Waals surface area contributed by atoms with Gasteiger partial charge in [0.25, 0.3) is 0 Å². The standard InChI is InChI=1S/C9H9FN2O/c10-6-1-2-7-8-9(6)13-4-3-12(8)5-11-7/h1-2,11H,3-5H2. The zero-order valence-electron chi connectivity index (χ0n) is 7.01. The molecule has 1 aromatic rings. The highest BCUT2D eigenvalue weighted by Crippen LogP contribution is 2.43. The van der Waals surface area contributed by atoms with Crippen LogP contribution >= 0.6 is 0 Å². The smallest absolute Gasteiger partial charge is 0.180 e. The second kappa shape index (κ2) is 2.28. The summed E-state index contributed by atoms with van der Waals surface area (Å²) in [6.07, 6.45) is 0. The second-order valence-corrected chi connectivity index (χ2v) is 3.22. The number of nitrogens with one attached hydrogen (secondary N) is 1. The molecule has 0 saturated carbocycles. The maximum Gasteiger partial charge on any atom is 0.180 e. The normalized spacial score (nSPS) is 17.8. The van der Waals surface area contributed by atoms with Gasteiger partial charge in [-0.3, -0.25) is 0 Å². The van der Waals surface area contributed by atoms with Crippen LogP contribution < -0.4 is 15.0 Å². The Labute approximate surface area is 75.1 Å². The quantitative estimate of drug-likeness (QED) is 0.653. The van der Waals surface area contributed by atoms with Crippen molar-refractivity contribution >= 4 is 11.4 Å². The Bertz CT molecular complexity index is 367. The van der Waals surface area contributed by atoms with Crippen molar-refractivity contribution in [3.63, 3.8) is 0 Å². The molecule has 2 heterocycles. The highest BCUT2D eigenvalue weighted by molar-refractivity contribution is 5.81. The van der Waals surface area contributed by atoms with Gasteiger partial charge in [-0.2, -0.15) is 0 Å². The van der Waals surface area contributed by atoms with Gasteiger partial charge in [0.1, 0.15) is 12.3 Å². The van der Waals surface area contributed by atoms with Crippen molar-refractivity contribution < 1.29 is 9.13 Å². The van der Waals surface area contributed by atoms with Gasteiger partial charge < -0.3 is 15.0 Å². The molecule has 0 amide bonds. The van der Waals surface area contributed by atoms with Crippen LogP contribution in [-0.4, -0.2) is 19.8 Å². The first-order chi connectivity index (χ1) is 6.36. The molecule has 0 radical (unpaired) electrons. The highest BCUT2D eigenvalue weighted by atomic mass is 19.1. The summed E-state index contributed by atoms with van der Waals surface area (Å²) in [5.74, 6) is 0.126. The van der Waals surface area contributed by atoms with E-state index in [0.29, 0.717) is 12.4 Å². The first-order valence-electron chi connectivity index (χ1n) is 4.30. The van der Waals surface area contributed by atoms with E-state index in [1.165, 1.54) is 6.07 Å². The van der Waals surface area contributed by atoms with Gasteiger partial charge in [0, 0.05) is 0 Å². The lowest BCUT2D eigenvalue weighted by atomic mass is 10.2. The van der Waals surface area contributed by atoms with Crippen LogP contribution in [0.4, 0.5) is 15.8 Å². The Balaban J connectivity index is 2.26. The fourth-order valence-electron chi connectivity index (χ4n) is 1.85. The molecule has 1 N–H and O–H groups in total. The van der Waals surface area contributed by atoms with Crippen LogP contribution in [0.5, 0.6) is 5.75 Å². The van der Waals surface area contributed by atoms with E-state index in [-0.39, 0.29) is 5.82 Å². The minimum atomic E-state index is -0.271. The van der Waals surface area contributed by atoms with Crippen LogP contribution in [0.1, 0.15) is 0 Å². The van der Waals surface area contributed by atoms with E-state index in [4.69, 9.17) is 4.74 Å². The first kappa shape index (κ1) is 7.00. The van der Waals surface area contributed by atoms with Crippen molar-refractivity contribution in [2.24, 2.45) is 0 Å². The topological polar surface area (TPSA) is 24.5 Å². The molecule has 0 unspecified atom stereocenters. The van der Waals surface area contributed by atoms with Gasteiger partial charge in [0.15, 0.2) is 11.6 Å². The first-order valence-corrected chi connectivity index (χ1v) is 4.30. The van der Waals surface area contributed by atoms with Crippen molar-refractivity contribution in [1.29, 1.82) is 0 Å². The number of benzene rings is 1. The molecule has 0 aromatic heterocycles. The Morgan fingerprint density at radius 2 is 2.38 bits per heavy atom. The highest BCUT2D eigenvalue weighted by Gasteiger charge is 2.28. The number of nitrogens with zero attached hydrogens (tertiary/aromatic N) is 1. The Morgan fingerprint density at radius 3 is 3.31 bits per heavy atom. The van der Waals surface area contributed by atoms with Crippen molar-refractivity contribution in [3.8, 4) is 5.75 Å². The van der Waals surface area contributed by atoms with Crippen LogP contribution in [0.25, 0.3) is 0 Å². The van der Waals surface area contributed by atoms with Crippen molar-refractivity contribution in [1.82, 2.24) is 0 Å².